The smallest absolute Gasteiger partial charge is 0.255 e. The fourth-order valence-electron chi connectivity index (χ4n) is 2.47. The number of halogens is 1. The molecule has 4 nitrogen and oxygen atoms in total. The van der Waals surface area contributed by atoms with Crippen molar-refractivity contribution in [3.8, 4) is 11.3 Å². The highest BCUT2D eigenvalue weighted by molar-refractivity contribution is 14.1. The van der Waals surface area contributed by atoms with E-state index in [1.165, 1.54) is 0 Å². The van der Waals surface area contributed by atoms with Gasteiger partial charge in [0.15, 0.2) is 4.96 Å². The molecule has 0 aliphatic rings. The van der Waals surface area contributed by atoms with Crippen LogP contribution in [0.25, 0.3) is 16.2 Å². The van der Waals surface area contributed by atoms with Gasteiger partial charge in [0.1, 0.15) is 0 Å². The Labute approximate surface area is 156 Å². The fraction of sp³-hybridized carbons (Fsp3) is 0. The van der Waals surface area contributed by atoms with Gasteiger partial charge < -0.3 is 5.32 Å². The predicted octanol–water partition coefficient (Wildman–Crippen LogP) is 4.92. The molecule has 0 aliphatic carbocycles. The van der Waals surface area contributed by atoms with E-state index in [4.69, 9.17) is 0 Å². The summed E-state index contributed by atoms with van der Waals surface area (Å²) in [5.41, 5.74) is 3.15. The third kappa shape index (κ3) is 2.94. The Morgan fingerprint density at radius 2 is 1.92 bits per heavy atom. The van der Waals surface area contributed by atoms with Gasteiger partial charge in [-0.15, -0.1) is 11.3 Å². The number of rotatable bonds is 3. The van der Waals surface area contributed by atoms with Crippen molar-refractivity contribution in [2.24, 2.45) is 0 Å². The maximum absolute atomic E-state index is 12.5. The van der Waals surface area contributed by atoms with Gasteiger partial charge in [-0.05, 0) is 52.9 Å². The molecule has 4 rings (SSSR count). The monoisotopic (exact) mass is 445 g/mol. The molecule has 1 amide bonds. The minimum atomic E-state index is -0.125. The van der Waals surface area contributed by atoms with Crippen molar-refractivity contribution in [1.29, 1.82) is 0 Å². The minimum Gasteiger partial charge on any atom is -0.321 e. The number of fused-ring (bicyclic) bond motifs is 1. The first-order valence-corrected chi connectivity index (χ1v) is 9.25. The first kappa shape index (κ1) is 15.3. The van der Waals surface area contributed by atoms with Crippen LogP contribution >= 0.6 is 33.9 Å². The lowest BCUT2D eigenvalue weighted by atomic mass is 10.1. The average Bonchev–Trinajstić information content (AvgIpc) is 3.17. The topological polar surface area (TPSA) is 46.4 Å². The molecule has 6 heteroatoms. The van der Waals surface area contributed by atoms with E-state index >= 15 is 0 Å². The van der Waals surface area contributed by atoms with Gasteiger partial charge in [0.25, 0.3) is 5.91 Å². The molecule has 0 aliphatic heterocycles. The van der Waals surface area contributed by atoms with Gasteiger partial charge >= 0.3 is 0 Å². The van der Waals surface area contributed by atoms with Gasteiger partial charge in [-0.25, -0.2) is 4.98 Å². The molecule has 0 atom stereocenters. The van der Waals surface area contributed by atoms with Gasteiger partial charge in [-0.2, -0.15) is 0 Å². The number of hydrogen-bond donors (Lipinski definition) is 1. The van der Waals surface area contributed by atoms with Crippen LogP contribution in [0.4, 0.5) is 5.69 Å². The lowest BCUT2D eigenvalue weighted by Crippen LogP contribution is -2.12. The second kappa shape index (κ2) is 6.37. The van der Waals surface area contributed by atoms with Crippen LogP contribution in [0.5, 0.6) is 0 Å². The van der Waals surface area contributed by atoms with Crippen molar-refractivity contribution in [1.82, 2.24) is 9.38 Å². The normalized spacial score (nSPS) is 10.9. The summed E-state index contributed by atoms with van der Waals surface area (Å²) in [7, 11) is 0. The van der Waals surface area contributed by atoms with E-state index in [9.17, 15) is 4.79 Å². The number of amides is 1. The SMILES string of the molecule is O=C(Nc1ccccc1-c1cn2ccsc2n1)c1ccc(I)cc1. The molecule has 0 saturated heterocycles. The van der Waals surface area contributed by atoms with Gasteiger partial charge in [0.05, 0.1) is 11.4 Å². The minimum absolute atomic E-state index is 0.125. The van der Waals surface area contributed by atoms with Crippen molar-refractivity contribution in [2.75, 3.05) is 5.32 Å². The molecule has 0 fully saturated rings. The molecular weight excluding hydrogens is 433 g/mol. The Morgan fingerprint density at radius 1 is 1.12 bits per heavy atom. The summed E-state index contributed by atoms with van der Waals surface area (Å²) < 4.78 is 3.08. The number of aromatic nitrogens is 2. The Hall–Kier alpha value is -2.19. The molecule has 1 N–H and O–H groups in total. The summed E-state index contributed by atoms with van der Waals surface area (Å²) in [6.45, 7) is 0. The zero-order chi connectivity index (χ0) is 16.5. The maximum atomic E-state index is 12.5. The molecule has 118 valence electrons. The number of nitrogens with one attached hydrogen (secondary N) is 1. The highest BCUT2D eigenvalue weighted by Gasteiger charge is 2.12. The van der Waals surface area contributed by atoms with Crippen LogP contribution in [0.15, 0.2) is 66.3 Å². The molecule has 24 heavy (non-hydrogen) atoms. The third-order valence-corrected chi connectivity index (χ3v) is 5.14. The van der Waals surface area contributed by atoms with Crippen LogP contribution in [-0.2, 0) is 0 Å². The summed E-state index contributed by atoms with van der Waals surface area (Å²) >= 11 is 3.81. The Bertz CT molecular complexity index is 992. The van der Waals surface area contributed by atoms with Crippen LogP contribution < -0.4 is 5.32 Å². The van der Waals surface area contributed by atoms with E-state index in [1.54, 1.807) is 11.3 Å². The molecule has 2 aromatic carbocycles. The zero-order valence-corrected chi connectivity index (χ0v) is 15.4. The quantitative estimate of drug-likeness (QED) is 0.455. The first-order chi connectivity index (χ1) is 11.7. The number of hydrogen-bond acceptors (Lipinski definition) is 3. The highest BCUT2D eigenvalue weighted by atomic mass is 127. The largest absolute Gasteiger partial charge is 0.321 e. The molecule has 0 spiro atoms. The Morgan fingerprint density at radius 3 is 2.71 bits per heavy atom. The summed E-state index contributed by atoms with van der Waals surface area (Å²) in [5, 5.41) is 4.99. The van der Waals surface area contributed by atoms with Crippen molar-refractivity contribution in [3.05, 3.63) is 75.4 Å². The van der Waals surface area contributed by atoms with Gasteiger partial charge in [-0.1, -0.05) is 18.2 Å². The predicted molar refractivity (Wildman–Crippen MR) is 106 cm³/mol. The number of benzene rings is 2. The summed E-state index contributed by atoms with van der Waals surface area (Å²) in [5.74, 6) is -0.125. The van der Waals surface area contributed by atoms with Crippen molar-refractivity contribution in [3.63, 3.8) is 0 Å². The summed E-state index contributed by atoms with van der Waals surface area (Å²) in [6.07, 6.45) is 3.95. The lowest BCUT2D eigenvalue weighted by Gasteiger charge is -2.09. The highest BCUT2D eigenvalue weighted by Crippen LogP contribution is 2.28. The molecule has 2 aromatic heterocycles. The number of para-hydroxylation sites is 1. The van der Waals surface area contributed by atoms with Crippen molar-refractivity contribution >= 4 is 50.5 Å². The molecule has 4 aromatic rings. The fourth-order valence-corrected chi connectivity index (χ4v) is 3.53. The standard InChI is InChI=1S/C18H12IN3OS/c19-13-7-5-12(6-8-13)17(23)20-15-4-2-1-3-14(15)16-11-22-9-10-24-18(22)21-16/h1-11H,(H,20,23). The molecule has 2 heterocycles. The van der Waals surface area contributed by atoms with E-state index in [0.717, 1.165) is 25.5 Å². The second-order valence-corrected chi connectivity index (χ2v) is 7.34. The van der Waals surface area contributed by atoms with Gasteiger partial charge in [0, 0.05) is 32.5 Å². The second-order valence-electron chi connectivity index (χ2n) is 5.23. The number of carbonyl (C=O) groups excluding carboxylic acids is 1. The molecule has 0 bridgehead atoms. The zero-order valence-electron chi connectivity index (χ0n) is 12.4. The molecule has 0 radical (unpaired) electrons. The average molecular weight is 445 g/mol. The van der Waals surface area contributed by atoms with E-state index in [0.29, 0.717) is 5.56 Å². The summed E-state index contributed by atoms with van der Waals surface area (Å²) in [4.78, 5) is 18.1. The van der Waals surface area contributed by atoms with Crippen LogP contribution in [0.2, 0.25) is 0 Å². The van der Waals surface area contributed by atoms with Crippen LogP contribution in [-0.4, -0.2) is 15.3 Å². The summed E-state index contributed by atoms with van der Waals surface area (Å²) in [6, 6.07) is 15.2. The molecular formula is C18H12IN3OS. The Balaban J connectivity index is 1.67. The van der Waals surface area contributed by atoms with Crippen molar-refractivity contribution < 1.29 is 4.79 Å². The van der Waals surface area contributed by atoms with E-state index in [2.05, 4.69) is 32.9 Å². The number of carbonyl (C=O) groups is 1. The van der Waals surface area contributed by atoms with E-state index in [-0.39, 0.29) is 5.91 Å². The number of anilines is 1. The Kier molecular flexibility index (Phi) is 4.07. The van der Waals surface area contributed by atoms with E-state index in [1.807, 2.05) is 70.7 Å². The van der Waals surface area contributed by atoms with Crippen LogP contribution in [0, 0.1) is 3.57 Å². The van der Waals surface area contributed by atoms with Crippen molar-refractivity contribution in [2.45, 2.75) is 0 Å². The van der Waals surface area contributed by atoms with Crippen LogP contribution in [0.3, 0.4) is 0 Å². The van der Waals surface area contributed by atoms with E-state index < -0.39 is 0 Å². The van der Waals surface area contributed by atoms with Gasteiger partial charge in [-0.3, -0.25) is 9.20 Å². The number of nitrogens with zero attached hydrogens (tertiary/aromatic N) is 2. The third-order valence-electron chi connectivity index (χ3n) is 3.65. The molecule has 0 saturated carbocycles. The number of thiazole rings is 1. The molecule has 0 unspecified atom stereocenters. The van der Waals surface area contributed by atoms with Gasteiger partial charge in [0.2, 0.25) is 0 Å². The first-order valence-electron chi connectivity index (χ1n) is 7.29. The van der Waals surface area contributed by atoms with Crippen LogP contribution in [0.1, 0.15) is 10.4 Å². The number of imidazole rings is 1. The lowest BCUT2D eigenvalue weighted by molar-refractivity contribution is 0.102. The maximum Gasteiger partial charge on any atom is 0.255 e.